The van der Waals surface area contributed by atoms with Crippen LogP contribution in [0, 0.1) is 11.8 Å². The molecular weight excluding hydrogens is 186 g/mol. The summed E-state index contributed by atoms with van der Waals surface area (Å²) in [5.41, 5.74) is 0. The molecule has 2 fully saturated rings. The van der Waals surface area contributed by atoms with Gasteiger partial charge in [-0.1, -0.05) is 26.2 Å². The number of rotatable bonds is 5. The van der Waals surface area contributed by atoms with Crippen molar-refractivity contribution in [3.05, 3.63) is 0 Å². The van der Waals surface area contributed by atoms with Crippen LogP contribution in [-0.4, -0.2) is 25.8 Å². The lowest BCUT2D eigenvalue weighted by atomic mass is 9.85. The van der Waals surface area contributed by atoms with Crippen LogP contribution in [0.25, 0.3) is 0 Å². The summed E-state index contributed by atoms with van der Waals surface area (Å²) in [7, 11) is 0. The van der Waals surface area contributed by atoms with Crippen molar-refractivity contribution in [2.24, 2.45) is 11.8 Å². The number of hydrogen-bond acceptors (Lipinski definition) is 2. The van der Waals surface area contributed by atoms with E-state index in [1.807, 2.05) is 0 Å². The van der Waals surface area contributed by atoms with Gasteiger partial charge in [-0.15, -0.1) is 0 Å². The van der Waals surface area contributed by atoms with E-state index in [1.54, 1.807) is 0 Å². The van der Waals surface area contributed by atoms with E-state index in [-0.39, 0.29) is 0 Å². The Labute approximate surface area is 93.8 Å². The third-order valence-electron chi connectivity index (χ3n) is 4.09. The molecule has 2 aliphatic rings. The van der Waals surface area contributed by atoms with Gasteiger partial charge in [-0.3, -0.25) is 0 Å². The highest BCUT2D eigenvalue weighted by atomic mass is 16.5. The molecule has 2 atom stereocenters. The van der Waals surface area contributed by atoms with Crippen LogP contribution in [0.3, 0.4) is 0 Å². The fraction of sp³-hybridized carbons (Fsp3) is 1.00. The largest absolute Gasteiger partial charge is 0.378 e. The summed E-state index contributed by atoms with van der Waals surface area (Å²) in [4.78, 5) is 0. The second kappa shape index (κ2) is 5.86. The first-order valence-corrected chi connectivity index (χ1v) is 6.72. The molecular formula is C13H25NO. The second-order valence-electron chi connectivity index (χ2n) is 5.17. The van der Waals surface area contributed by atoms with E-state index in [0.29, 0.717) is 6.10 Å². The summed E-state index contributed by atoms with van der Waals surface area (Å²) in [5.74, 6) is 1.74. The lowest BCUT2D eigenvalue weighted by Gasteiger charge is -2.32. The molecule has 1 saturated carbocycles. The van der Waals surface area contributed by atoms with Crippen LogP contribution in [0.1, 0.15) is 45.4 Å². The molecule has 0 spiro atoms. The zero-order valence-electron chi connectivity index (χ0n) is 10.0. The maximum Gasteiger partial charge on any atom is 0.0603 e. The first-order chi connectivity index (χ1) is 7.40. The van der Waals surface area contributed by atoms with Crippen molar-refractivity contribution in [1.82, 2.24) is 5.32 Å². The van der Waals surface area contributed by atoms with Crippen molar-refractivity contribution in [2.75, 3.05) is 19.7 Å². The highest BCUT2D eigenvalue weighted by Crippen LogP contribution is 2.29. The summed E-state index contributed by atoms with van der Waals surface area (Å²) in [6, 6.07) is 0. The molecule has 0 radical (unpaired) electrons. The van der Waals surface area contributed by atoms with Gasteiger partial charge in [0.2, 0.25) is 0 Å². The highest BCUT2D eigenvalue weighted by molar-refractivity contribution is 4.77. The van der Waals surface area contributed by atoms with Gasteiger partial charge in [-0.05, 0) is 44.2 Å². The lowest BCUT2D eigenvalue weighted by Crippen LogP contribution is -2.42. The Balaban J connectivity index is 1.62. The minimum absolute atomic E-state index is 0.580. The predicted octanol–water partition coefficient (Wildman–Crippen LogP) is 2.58. The van der Waals surface area contributed by atoms with Gasteiger partial charge in [0.15, 0.2) is 0 Å². The van der Waals surface area contributed by atoms with Crippen molar-refractivity contribution in [3.63, 3.8) is 0 Å². The molecule has 1 heterocycles. The van der Waals surface area contributed by atoms with E-state index in [2.05, 4.69) is 12.2 Å². The average molecular weight is 211 g/mol. The standard InChI is InChI=1S/C13H25NO/c1-2-12-5-3-4-6-13(12)15-8-7-11-9-14-10-11/h11-14H,2-10H2,1H3. The van der Waals surface area contributed by atoms with Gasteiger partial charge in [-0.2, -0.15) is 0 Å². The van der Waals surface area contributed by atoms with Crippen molar-refractivity contribution in [2.45, 2.75) is 51.6 Å². The van der Waals surface area contributed by atoms with Crippen molar-refractivity contribution < 1.29 is 4.74 Å². The average Bonchev–Trinajstić information content (AvgIpc) is 2.22. The molecule has 2 heteroatoms. The Morgan fingerprint density at radius 3 is 2.67 bits per heavy atom. The van der Waals surface area contributed by atoms with E-state index >= 15 is 0 Å². The molecule has 1 N–H and O–H groups in total. The first-order valence-electron chi connectivity index (χ1n) is 6.72. The molecule has 0 aromatic carbocycles. The zero-order valence-corrected chi connectivity index (χ0v) is 10.0. The molecule has 0 bridgehead atoms. The fourth-order valence-electron chi connectivity index (χ4n) is 2.80. The Bertz CT molecular complexity index is 179. The maximum atomic E-state index is 6.07. The van der Waals surface area contributed by atoms with Gasteiger partial charge < -0.3 is 10.1 Å². The number of hydrogen-bond donors (Lipinski definition) is 1. The fourth-order valence-corrected chi connectivity index (χ4v) is 2.80. The molecule has 15 heavy (non-hydrogen) atoms. The summed E-state index contributed by atoms with van der Waals surface area (Å²) in [6.07, 6.45) is 8.65. The van der Waals surface area contributed by atoms with Crippen molar-refractivity contribution in [1.29, 1.82) is 0 Å². The van der Waals surface area contributed by atoms with Crippen LogP contribution in [0.4, 0.5) is 0 Å². The molecule has 1 aliphatic heterocycles. The summed E-state index contributed by atoms with van der Waals surface area (Å²) >= 11 is 0. The van der Waals surface area contributed by atoms with E-state index in [9.17, 15) is 0 Å². The summed E-state index contributed by atoms with van der Waals surface area (Å²) in [5, 5.41) is 3.31. The Kier molecular flexibility index (Phi) is 4.45. The van der Waals surface area contributed by atoms with Crippen LogP contribution in [0.15, 0.2) is 0 Å². The molecule has 2 rings (SSSR count). The minimum atomic E-state index is 0.580. The van der Waals surface area contributed by atoms with Gasteiger partial charge in [0, 0.05) is 6.61 Å². The van der Waals surface area contributed by atoms with E-state index in [1.165, 1.54) is 51.6 Å². The second-order valence-corrected chi connectivity index (χ2v) is 5.17. The van der Waals surface area contributed by atoms with Gasteiger partial charge in [0.25, 0.3) is 0 Å². The van der Waals surface area contributed by atoms with Crippen LogP contribution < -0.4 is 5.32 Å². The van der Waals surface area contributed by atoms with Gasteiger partial charge in [0.1, 0.15) is 0 Å². The molecule has 1 saturated heterocycles. The molecule has 0 amide bonds. The topological polar surface area (TPSA) is 21.3 Å². The molecule has 0 aromatic rings. The van der Waals surface area contributed by atoms with Crippen LogP contribution in [0.5, 0.6) is 0 Å². The zero-order chi connectivity index (χ0) is 10.5. The van der Waals surface area contributed by atoms with Gasteiger partial charge in [-0.25, -0.2) is 0 Å². The highest BCUT2D eigenvalue weighted by Gasteiger charge is 2.24. The lowest BCUT2D eigenvalue weighted by molar-refractivity contribution is -0.0192. The van der Waals surface area contributed by atoms with Gasteiger partial charge in [0.05, 0.1) is 6.10 Å². The minimum Gasteiger partial charge on any atom is -0.378 e. The Morgan fingerprint density at radius 1 is 1.20 bits per heavy atom. The van der Waals surface area contributed by atoms with E-state index < -0.39 is 0 Å². The van der Waals surface area contributed by atoms with E-state index in [4.69, 9.17) is 4.74 Å². The Hall–Kier alpha value is -0.0800. The monoisotopic (exact) mass is 211 g/mol. The molecule has 2 nitrogen and oxygen atoms in total. The summed E-state index contributed by atoms with van der Waals surface area (Å²) in [6.45, 7) is 5.73. The van der Waals surface area contributed by atoms with Crippen LogP contribution in [-0.2, 0) is 4.74 Å². The first kappa shape index (κ1) is 11.4. The van der Waals surface area contributed by atoms with Crippen molar-refractivity contribution >= 4 is 0 Å². The number of nitrogens with one attached hydrogen (secondary N) is 1. The molecule has 2 unspecified atom stereocenters. The van der Waals surface area contributed by atoms with Gasteiger partial charge >= 0.3 is 0 Å². The SMILES string of the molecule is CCC1CCCCC1OCCC1CNC1. The number of ether oxygens (including phenoxy) is 1. The summed E-state index contributed by atoms with van der Waals surface area (Å²) < 4.78 is 6.07. The smallest absolute Gasteiger partial charge is 0.0603 e. The third-order valence-corrected chi connectivity index (χ3v) is 4.09. The van der Waals surface area contributed by atoms with Crippen molar-refractivity contribution in [3.8, 4) is 0 Å². The normalized spacial score (nSPS) is 32.6. The molecule has 0 aromatic heterocycles. The third kappa shape index (κ3) is 3.18. The Morgan fingerprint density at radius 2 is 2.00 bits per heavy atom. The quantitative estimate of drug-likeness (QED) is 0.754. The molecule has 88 valence electrons. The maximum absolute atomic E-state index is 6.07. The van der Waals surface area contributed by atoms with Crippen LogP contribution in [0.2, 0.25) is 0 Å². The molecule has 1 aliphatic carbocycles. The van der Waals surface area contributed by atoms with Crippen LogP contribution >= 0.6 is 0 Å². The predicted molar refractivity (Wildman–Crippen MR) is 63.0 cm³/mol. The van der Waals surface area contributed by atoms with E-state index in [0.717, 1.165) is 18.4 Å².